The first-order chi connectivity index (χ1) is 9.65. The van der Waals surface area contributed by atoms with Gasteiger partial charge in [0.15, 0.2) is 6.29 Å². The number of aliphatic hydroxyl groups is 1. The van der Waals surface area contributed by atoms with E-state index in [9.17, 15) is 9.90 Å². The van der Waals surface area contributed by atoms with Crippen LogP contribution in [0.1, 0.15) is 10.4 Å². The molecule has 0 spiro atoms. The number of hydrogen-bond donors (Lipinski definition) is 1. The molecule has 0 aliphatic heterocycles. The van der Waals surface area contributed by atoms with E-state index in [1.807, 2.05) is 30.3 Å². The lowest BCUT2D eigenvalue weighted by molar-refractivity contribution is 0.0694. The monoisotopic (exact) mass is 274 g/mol. The van der Waals surface area contributed by atoms with Gasteiger partial charge in [0.1, 0.15) is 5.82 Å². The topological polar surface area (TPSA) is 62.7 Å². The Morgan fingerprint density at radius 1 is 1.45 bits per heavy atom. The van der Waals surface area contributed by atoms with E-state index in [0.717, 1.165) is 17.2 Å². The lowest BCUT2D eigenvalue weighted by Crippen LogP contribution is -2.33. The molecular formula is C15H18N2O3. The average Bonchev–Trinajstić information content (AvgIpc) is 2.45. The molecule has 1 unspecified atom stereocenters. The van der Waals surface area contributed by atoms with Crippen molar-refractivity contribution >= 4 is 23.0 Å². The maximum Gasteiger partial charge on any atom is 0.153 e. The molecule has 20 heavy (non-hydrogen) atoms. The molecular weight excluding hydrogens is 256 g/mol. The number of pyridine rings is 1. The molecule has 0 aliphatic carbocycles. The lowest BCUT2D eigenvalue weighted by Gasteiger charge is -2.23. The fraction of sp³-hybridized carbons (Fsp3) is 0.333. The third kappa shape index (κ3) is 3.12. The summed E-state index contributed by atoms with van der Waals surface area (Å²) in [6.07, 6.45) is 0.159. The molecule has 0 fully saturated rings. The zero-order chi connectivity index (χ0) is 14.5. The second-order valence-corrected chi connectivity index (χ2v) is 4.70. The first kappa shape index (κ1) is 14.4. The number of benzene rings is 1. The number of ether oxygens (including phenoxy) is 1. The van der Waals surface area contributed by atoms with Gasteiger partial charge in [-0.05, 0) is 12.1 Å². The van der Waals surface area contributed by atoms with Crippen LogP contribution in [0.4, 0.5) is 5.82 Å². The molecule has 0 aliphatic rings. The summed E-state index contributed by atoms with van der Waals surface area (Å²) in [7, 11) is 3.33. The Morgan fingerprint density at radius 2 is 2.20 bits per heavy atom. The normalized spacial score (nSPS) is 12.3. The summed E-state index contributed by atoms with van der Waals surface area (Å²) in [4.78, 5) is 17.5. The van der Waals surface area contributed by atoms with Gasteiger partial charge in [-0.1, -0.05) is 18.2 Å². The number of rotatable bonds is 6. The van der Waals surface area contributed by atoms with Gasteiger partial charge in [-0.25, -0.2) is 4.98 Å². The van der Waals surface area contributed by atoms with Crippen molar-refractivity contribution in [1.82, 2.24) is 4.98 Å². The average molecular weight is 274 g/mol. The highest BCUT2D eigenvalue weighted by Gasteiger charge is 2.14. The van der Waals surface area contributed by atoms with Gasteiger partial charge >= 0.3 is 0 Å². The maximum atomic E-state index is 11.2. The van der Waals surface area contributed by atoms with Gasteiger partial charge in [0.05, 0.1) is 23.8 Å². The van der Waals surface area contributed by atoms with Crippen LogP contribution < -0.4 is 4.90 Å². The van der Waals surface area contributed by atoms with Gasteiger partial charge in [-0.2, -0.15) is 0 Å². The minimum Gasteiger partial charge on any atom is -0.389 e. The number of hydrogen-bond acceptors (Lipinski definition) is 5. The second kappa shape index (κ2) is 6.45. The molecule has 2 aromatic rings. The SMILES string of the molecule is COCC(O)CN(C)c1nc2ccccc2cc1C=O. The van der Waals surface area contributed by atoms with Crippen LogP contribution in [0.15, 0.2) is 30.3 Å². The largest absolute Gasteiger partial charge is 0.389 e. The van der Waals surface area contributed by atoms with Crippen molar-refractivity contribution < 1.29 is 14.6 Å². The van der Waals surface area contributed by atoms with Crippen LogP contribution in [0.2, 0.25) is 0 Å². The smallest absolute Gasteiger partial charge is 0.153 e. The summed E-state index contributed by atoms with van der Waals surface area (Å²) in [6.45, 7) is 0.592. The predicted molar refractivity (Wildman–Crippen MR) is 78.3 cm³/mol. The number of carbonyl (C=O) groups excluding carboxylic acids is 1. The van der Waals surface area contributed by atoms with Crippen molar-refractivity contribution in [2.75, 3.05) is 32.2 Å². The highest BCUT2D eigenvalue weighted by Crippen LogP contribution is 2.21. The van der Waals surface area contributed by atoms with Gasteiger partial charge in [-0.15, -0.1) is 0 Å². The Kier molecular flexibility index (Phi) is 4.65. The molecule has 5 heteroatoms. The highest BCUT2D eigenvalue weighted by molar-refractivity contribution is 5.91. The number of aliphatic hydroxyl groups excluding tert-OH is 1. The molecule has 0 radical (unpaired) electrons. The molecule has 0 saturated heterocycles. The molecule has 1 aromatic heterocycles. The van der Waals surface area contributed by atoms with Crippen molar-refractivity contribution in [2.24, 2.45) is 0 Å². The summed E-state index contributed by atoms with van der Waals surface area (Å²) in [5.41, 5.74) is 1.33. The quantitative estimate of drug-likeness (QED) is 0.809. The number of aromatic nitrogens is 1. The summed E-state index contributed by atoms with van der Waals surface area (Å²) in [6, 6.07) is 9.43. The lowest BCUT2D eigenvalue weighted by atomic mass is 10.1. The Hall–Kier alpha value is -1.98. The van der Waals surface area contributed by atoms with Gasteiger partial charge < -0.3 is 14.7 Å². The van der Waals surface area contributed by atoms with Gasteiger partial charge in [0, 0.05) is 26.1 Å². The molecule has 1 atom stereocenters. The van der Waals surface area contributed by atoms with E-state index in [1.54, 1.807) is 11.9 Å². The van der Waals surface area contributed by atoms with Crippen molar-refractivity contribution in [3.8, 4) is 0 Å². The van der Waals surface area contributed by atoms with Crippen molar-refractivity contribution in [2.45, 2.75) is 6.10 Å². The standard InChI is InChI=1S/C15H18N2O3/c1-17(8-13(19)10-20-2)15-12(9-18)7-11-5-3-4-6-14(11)16-15/h3-7,9,13,19H,8,10H2,1-2H3. The van der Waals surface area contributed by atoms with Gasteiger partial charge in [0.25, 0.3) is 0 Å². The van der Waals surface area contributed by atoms with Crippen LogP contribution in [0.3, 0.4) is 0 Å². The zero-order valence-electron chi connectivity index (χ0n) is 11.6. The number of para-hydroxylation sites is 1. The maximum absolute atomic E-state index is 11.2. The van der Waals surface area contributed by atoms with E-state index < -0.39 is 6.10 Å². The van der Waals surface area contributed by atoms with E-state index in [0.29, 0.717) is 17.9 Å². The van der Waals surface area contributed by atoms with Crippen LogP contribution in [-0.4, -0.2) is 49.8 Å². The summed E-state index contributed by atoms with van der Waals surface area (Å²) in [5, 5.41) is 10.7. The number of nitrogens with zero attached hydrogens (tertiary/aromatic N) is 2. The molecule has 0 saturated carbocycles. The predicted octanol–water partition coefficient (Wildman–Crippen LogP) is 1.49. The third-order valence-electron chi connectivity index (χ3n) is 3.06. The molecule has 1 heterocycles. The Bertz CT molecular complexity index is 601. The summed E-state index contributed by atoms with van der Waals surface area (Å²) < 4.78 is 4.90. The van der Waals surface area contributed by atoms with Crippen molar-refractivity contribution in [3.63, 3.8) is 0 Å². The molecule has 0 amide bonds. The van der Waals surface area contributed by atoms with Crippen molar-refractivity contribution in [3.05, 3.63) is 35.9 Å². The van der Waals surface area contributed by atoms with Gasteiger partial charge in [0.2, 0.25) is 0 Å². The minimum atomic E-state index is -0.627. The number of carbonyl (C=O) groups is 1. The second-order valence-electron chi connectivity index (χ2n) is 4.70. The van der Waals surface area contributed by atoms with Crippen LogP contribution in [0.25, 0.3) is 10.9 Å². The highest BCUT2D eigenvalue weighted by atomic mass is 16.5. The fourth-order valence-electron chi connectivity index (χ4n) is 2.16. The van der Waals surface area contributed by atoms with E-state index in [-0.39, 0.29) is 6.61 Å². The van der Waals surface area contributed by atoms with E-state index in [4.69, 9.17) is 4.74 Å². The van der Waals surface area contributed by atoms with Crippen molar-refractivity contribution in [1.29, 1.82) is 0 Å². The Balaban J connectivity index is 2.34. The van der Waals surface area contributed by atoms with E-state index in [2.05, 4.69) is 4.98 Å². The first-order valence-corrected chi connectivity index (χ1v) is 6.38. The summed E-state index contributed by atoms with van der Waals surface area (Å²) in [5.74, 6) is 0.564. The van der Waals surface area contributed by atoms with E-state index >= 15 is 0 Å². The minimum absolute atomic E-state index is 0.244. The number of methoxy groups -OCH3 is 1. The Labute approximate surface area is 117 Å². The van der Waals surface area contributed by atoms with Crippen LogP contribution in [0.5, 0.6) is 0 Å². The third-order valence-corrected chi connectivity index (χ3v) is 3.06. The molecule has 5 nitrogen and oxygen atoms in total. The molecule has 0 bridgehead atoms. The van der Waals surface area contributed by atoms with Crippen LogP contribution >= 0.6 is 0 Å². The fourth-order valence-corrected chi connectivity index (χ4v) is 2.16. The Morgan fingerprint density at radius 3 is 2.90 bits per heavy atom. The summed E-state index contributed by atoms with van der Waals surface area (Å²) >= 11 is 0. The molecule has 106 valence electrons. The molecule has 1 aromatic carbocycles. The number of anilines is 1. The number of aldehydes is 1. The van der Waals surface area contributed by atoms with Crippen LogP contribution in [-0.2, 0) is 4.74 Å². The van der Waals surface area contributed by atoms with Gasteiger partial charge in [-0.3, -0.25) is 4.79 Å². The number of likely N-dealkylation sites (N-methyl/N-ethyl adjacent to an activating group) is 1. The number of fused-ring (bicyclic) bond motifs is 1. The van der Waals surface area contributed by atoms with E-state index in [1.165, 1.54) is 7.11 Å². The molecule has 1 N–H and O–H groups in total. The first-order valence-electron chi connectivity index (χ1n) is 6.38. The molecule has 2 rings (SSSR count). The van der Waals surface area contributed by atoms with Crippen LogP contribution in [0, 0.1) is 0 Å². The zero-order valence-corrected chi connectivity index (χ0v) is 11.6.